The van der Waals surface area contributed by atoms with Gasteiger partial charge in [-0.2, -0.15) is 16.7 Å². The van der Waals surface area contributed by atoms with Gasteiger partial charge in [0.25, 0.3) is 0 Å². The van der Waals surface area contributed by atoms with Crippen LogP contribution in [-0.4, -0.2) is 46.3 Å². The van der Waals surface area contributed by atoms with Gasteiger partial charge in [0.05, 0.1) is 12.8 Å². The summed E-state index contributed by atoms with van der Waals surface area (Å²) in [6.45, 7) is 1.90. The van der Waals surface area contributed by atoms with Gasteiger partial charge in [-0.1, -0.05) is 0 Å². The summed E-state index contributed by atoms with van der Waals surface area (Å²) in [5.41, 5.74) is 0. The Morgan fingerprint density at radius 2 is 2.29 bits per heavy atom. The van der Waals surface area contributed by atoms with E-state index in [-0.39, 0.29) is 23.7 Å². The third-order valence-corrected chi connectivity index (χ3v) is 3.54. The van der Waals surface area contributed by atoms with Crippen molar-refractivity contribution in [2.24, 2.45) is 0 Å². The quantitative estimate of drug-likeness (QED) is 0.713. The molecule has 2 atom stereocenters. The summed E-state index contributed by atoms with van der Waals surface area (Å²) in [6.07, 6.45) is 3.01. The first kappa shape index (κ1) is 14.0. The lowest BCUT2D eigenvalue weighted by Gasteiger charge is -2.22. The molecule has 17 heavy (non-hydrogen) atoms. The van der Waals surface area contributed by atoms with E-state index in [1.807, 2.05) is 13.2 Å². The lowest BCUT2D eigenvalue weighted by atomic mass is 10.2. The molecule has 0 saturated heterocycles. The molecule has 0 saturated carbocycles. The molecule has 7 heteroatoms. The van der Waals surface area contributed by atoms with Crippen LogP contribution in [0.1, 0.15) is 6.92 Å². The molecule has 0 aliphatic rings. The average molecular weight is 260 g/mol. The first-order valence-electron chi connectivity index (χ1n) is 5.22. The molecule has 1 rings (SSSR count). The summed E-state index contributed by atoms with van der Waals surface area (Å²) in [4.78, 5) is 7.74. The molecule has 0 amide bonds. The summed E-state index contributed by atoms with van der Waals surface area (Å²) in [5, 5.41) is 14.8. The van der Waals surface area contributed by atoms with E-state index in [1.54, 1.807) is 7.05 Å². The first-order chi connectivity index (χ1) is 8.12. The number of nitrogens with one attached hydrogen (secondary N) is 2. The second-order valence-corrected chi connectivity index (χ2v) is 4.61. The zero-order chi connectivity index (χ0) is 12.8. The topological polar surface area (TPSA) is 70.1 Å². The smallest absolute Gasteiger partial charge is 0.224 e. The molecule has 1 heterocycles. The van der Waals surface area contributed by atoms with Crippen molar-refractivity contribution in [1.29, 1.82) is 0 Å². The lowest BCUT2D eigenvalue weighted by molar-refractivity contribution is 0.288. The summed E-state index contributed by atoms with van der Waals surface area (Å²) >= 11 is 1.52. The maximum atomic E-state index is 13.5. The van der Waals surface area contributed by atoms with Gasteiger partial charge in [-0.3, -0.25) is 0 Å². The van der Waals surface area contributed by atoms with Crippen molar-refractivity contribution in [1.82, 2.24) is 9.97 Å². The van der Waals surface area contributed by atoms with Gasteiger partial charge in [-0.25, -0.2) is 9.37 Å². The molecule has 0 fully saturated rings. The van der Waals surface area contributed by atoms with Crippen LogP contribution in [0.25, 0.3) is 0 Å². The molecule has 0 aliphatic carbocycles. The summed E-state index contributed by atoms with van der Waals surface area (Å²) in [6, 6.07) is -0.0934. The van der Waals surface area contributed by atoms with Crippen molar-refractivity contribution in [3.8, 4) is 0 Å². The number of halogens is 1. The first-order valence-corrected chi connectivity index (χ1v) is 6.51. The Balaban J connectivity index is 2.79. The number of aliphatic hydroxyl groups excluding tert-OH is 1. The Morgan fingerprint density at radius 1 is 1.59 bits per heavy atom. The van der Waals surface area contributed by atoms with Crippen LogP contribution in [0.4, 0.5) is 16.2 Å². The number of hydrogen-bond acceptors (Lipinski definition) is 6. The molecule has 0 bridgehead atoms. The van der Waals surface area contributed by atoms with Crippen LogP contribution < -0.4 is 10.6 Å². The number of anilines is 2. The Hall–Kier alpha value is -1.08. The molecule has 1 aromatic rings. The molecule has 2 unspecified atom stereocenters. The van der Waals surface area contributed by atoms with Gasteiger partial charge in [0.15, 0.2) is 11.6 Å². The van der Waals surface area contributed by atoms with Crippen molar-refractivity contribution in [3.63, 3.8) is 0 Å². The van der Waals surface area contributed by atoms with Crippen molar-refractivity contribution in [2.45, 2.75) is 18.2 Å². The monoisotopic (exact) mass is 260 g/mol. The van der Waals surface area contributed by atoms with E-state index >= 15 is 0 Å². The highest BCUT2D eigenvalue weighted by Crippen LogP contribution is 2.17. The zero-order valence-corrected chi connectivity index (χ0v) is 10.9. The van der Waals surface area contributed by atoms with Gasteiger partial charge in [0.1, 0.15) is 0 Å². The predicted octanol–water partition coefficient (Wildman–Crippen LogP) is 1.18. The largest absolute Gasteiger partial charge is 0.395 e. The maximum absolute atomic E-state index is 13.5. The van der Waals surface area contributed by atoms with E-state index in [1.165, 1.54) is 11.8 Å². The van der Waals surface area contributed by atoms with Gasteiger partial charge in [-0.15, -0.1) is 0 Å². The summed E-state index contributed by atoms with van der Waals surface area (Å²) in [5.74, 6) is -0.0104. The molecule has 1 aromatic heterocycles. The molecule has 0 spiro atoms. The van der Waals surface area contributed by atoms with Gasteiger partial charge >= 0.3 is 0 Å². The lowest BCUT2D eigenvalue weighted by Crippen LogP contribution is -2.31. The zero-order valence-electron chi connectivity index (χ0n) is 10.1. The number of hydrogen-bond donors (Lipinski definition) is 3. The van der Waals surface area contributed by atoms with Gasteiger partial charge in [0.2, 0.25) is 5.95 Å². The van der Waals surface area contributed by atoms with Crippen molar-refractivity contribution in [2.75, 3.05) is 30.5 Å². The Bertz CT molecular complexity index is 362. The van der Waals surface area contributed by atoms with E-state index in [9.17, 15) is 4.39 Å². The van der Waals surface area contributed by atoms with E-state index in [0.29, 0.717) is 5.95 Å². The van der Waals surface area contributed by atoms with Crippen LogP contribution >= 0.6 is 11.8 Å². The molecule has 0 radical (unpaired) electrons. The third-order valence-electron chi connectivity index (χ3n) is 2.37. The van der Waals surface area contributed by atoms with Crippen LogP contribution in [0.15, 0.2) is 6.20 Å². The number of rotatable bonds is 6. The molecule has 0 aromatic carbocycles. The average Bonchev–Trinajstić information content (AvgIpc) is 2.33. The standard InChI is InChI=1S/C10H17FN4OS/c1-6(8(5-16)17-3)14-9-7(11)4-13-10(12-2)15-9/h4,6,8,16H,5H2,1-3H3,(H2,12,13,14,15). The minimum Gasteiger partial charge on any atom is -0.395 e. The summed E-state index contributed by atoms with van der Waals surface area (Å²) in [7, 11) is 1.67. The number of nitrogens with zero attached hydrogens (tertiary/aromatic N) is 2. The van der Waals surface area contributed by atoms with E-state index in [0.717, 1.165) is 6.20 Å². The molecular weight excluding hydrogens is 243 g/mol. The fraction of sp³-hybridized carbons (Fsp3) is 0.600. The van der Waals surface area contributed by atoms with E-state index in [4.69, 9.17) is 5.11 Å². The Labute approximate surface area is 104 Å². The SMILES string of the molecule is CNc1ncc(F)c(NC(C)C(CO)SC)n1. The van der Waals surface area contributed by atoms with E-state index < -0.39 is 5.82 Å². The molecule has 5 nitrogen and oxygen atoms in total. The Kier molecular flexibility index (Phi) is 5.43. The molecule has 0 aliphatic heterocycles. The predicted molar refractivity (Wildman–Crippen MR) is 69.0 cm³/mol. The fourth-order valence-corrected chi connectivity index (χ4v) is 1.96. The van der Waals surface area contributed by atoms with Crippen molar-refractivity contribution in [3.05, 3.63) is 12.0 Å². The molecule has 96 valence electrons. The maximum Gasteiger partial charge on any atom is 0.224 e. The van der Waals surface area contributed by atoms with Crippen molar-refractivity contribution >= 4 is 23.5 Å². The minimum atomic E-state index is -0.506. The second-order valence-electron chi connectivity index (χ2n) is 3.53. The molecule has 3 N–H and O–H groups in total. The Morgan fingerprint density at radius 3 is 2.82 bits per heavy atom. The van der Waals surface area contributed by atoms with Gasteiger partial charge < -0.3 is 15.7 Å². The second kappa shape index (κ2) is 6.61. The minimum absolute atomic E-state index is 0.0117. The normalized spacial score (nSPS) is 14.2. The van der Waals surface area contributed by atoms with Gasteiger partial charge in [0, 0.05) is 18.3 Å². The number of aliphatic hydroxyl groups is 1. The van der Waals surface area contributed by atoms with E-state index in [2.05, 4.69) is 20.6 Å². The third kappa shape index (κ3) is 3.71. The van der Waals surface area contributed by atoms with Crippen LogP contribution in [0, 0.1) is 5.82 Å². The van der Waals surface area contributed by atoms with Crippen LogP contribution in [-0.2, 0) is 0 Å². The highest BCUT2D eigenvalue weighted by atomic mass is 32.2. The van der Waals surface area contributed by atoms with Gasteiger partial charge in [-0.05, 0) is 13.2 Å². The fourth-order valence-electron chi connectivity index (χ4n) is 1.33. The van der Waals surface area contributed by atoms with Crippen LogP contribution in [0.5, 0.6) is 0 Å². The summed E-state index contributed by atoms with van der Waals surface area (Å²) < 4.78 is 13.5. The number of thioether (sulfide) groups is 1. The highest BCUT2D eigenvalue weighted by Gasteiger charge is 2.17. The van der Waals surface area contributed by atoms with Crippen LogP contribution in [0.2, 0.25) is 0 Å². The highest BCUT2D eigenvalue weighted by molar-refractivity contribution is 7.99. The molecular formula is C10H17FN4OS. The van der Waals surface area contributed by atoms with Crippen molar-refractivity contribution < 1.29 is 9.50 Å². The van der Waals surface area contributed by atoms with Crippen LogP contribution in [0.3, 0.4) is 0 Å². The number of aromatic nitrogens is 2.